The Morgan fingerprint density at radius 3 is 2.12 bits per heavy atom. The average molecular weight is 362 g/mol. The fourth-order valence-corrected chi connectivity index (χ4v) is 2.77. The topological polar surface area (TPSA) is 34.1 Å². The molecule has 0 radical (unpaired) electrons. The lowest BCUT2D eigenvalue weighted by atomic mass is 10.2. The lowest BCUT2D eigenvalue weighted by Crippen LogP contribution is -2.20. The Balaban J connectivity index is 3.13. The fraction of sp³-hybridized carbons (Fsp3) is 0.111. The predicted octanol–water partition coefficient (Wildman–Crippen LogP) is 3.35. The van der Waals surface area contributed by atoms with Gasteiger partial charge in [-0.2, -0.15) is 13.2 Å². The molecule has 0 heterocycles. The van der Waals surface area contributed by atoms with Gasteiger partial charge in [0, 0.05) is 3.58 Å². The van der Waals surface area contributed by atoms with E-state index >= 15 is 0 Å². The Labute approximate surface area is 104 Å². The SMILES string of the molecule is O=S(=O)(/C=C(\I)c1ccccc1)C(F)(F)F. The molecule has 0 aromatic heterocycles. The zero-order valence-corrected chi connectivity index (χ0v) is 10.7. The average Bonchev–Trinajstić information content (AvgIpc) is 2.16. The maximum Gasteiger partial charge on any atom is 0.501 e. The van der Waals surface area contributed by atoms with Crippen LogP contribution in [-0.4, -0.2) is 13.9 Å². The predicted molar refractivity (Wildman–Crippen MR) is 63.4 cm³/mol. The summed E-state index contributed by atoms with van der Waals surface area (Å²) in [6.07, 6.45) is 0. The van der Waals surface area contributed by atoms with E-state index in [0.29, 0.717) is 5.56 Å². The Hall–Kier alpha value is -0.570. The highest BCUT2D eigenvalue weighted by Crippen LogP contribution is 2.30. The Kier molecular flexibility index (Phi) is 4.00. The van der Waals surface area contributed by atoms with Crippen molar-refractivity contribution in [1.29, 1.82) is 0 Å². The van der Waals surface area contributed by atoms with Crippen molar-refractivity contribution in [3.05, 3.63) is 41.3 Å². The van der Waals surface area contributed by atoms with Gasteiger partial charge in [-0.3, -0.25) is 0 Å². The summed E-state index contributed by atoms with van der Waals surface area (Å²) in [4.78, 5) is 0. The van der Waals surface area contributed by atoms with E-state index < -0.39 is 15.3 Å². The zero-order valence-electron chi connectivity index (χ0n) is 7.70. The first-order valence-electron chi connectivity index (χ1n) is 3.98. The normalized spacial score (nSPS) is 13.9. The highest BCUT2D eigenvalue weighted by molar-refractivity contribution is 14.1. The van der Waals surface area contributed by atoms with Crippen molar-refractivity contribution in [2.24, 2.45) is 0 Å². The van der Waals surface area contributed by atoms with Gasteiger partial charge in [0.05, 0.1) is 5.41 Å². The van der Waals surface area contributed by atoms with Gasteiger partial charge in [-0.25, -0.2) is 8.42 Å². The van der Waals surface area contributed by atoms with Gasteiger partial charge in [0.15, 0.2) is 0 Å². The number of hydrogen-bond acceptors (Lipinski definition) is 2. The summed E-state index contributed by atoms with van der Waals surface area (Å²) in [5, 5.41) is 0.225. The molecule has 0 spiro atoms. The second-order valence-electron chi connectivity index (χ2n) is 2.82. The molecule has 0 amide bonds. The molecule has 0 aliphatic heterocycles. The number of sulfone groups is 1. The molecular weight excluding hydrogens is 356 g/mol. The summed E-state index contributed by atoms with van der Waals surface area (Å²) in [5.41, 5.74) is -4.83. The van der Waals surface area contributed by atoms with E-state index in [0.717, 1.165) is 0 Å². The second kappa shape index (κ2) is 4.74. The quantitative estimate of drug-likeness (QED) is 0.757. The molecule has 1 aromatic rings. The van der Waals surface area contributed by atoms with Crippen LogP contribution in [0.15, 0.2) is 35.7 Å². The summed E-state index contributed by atoms with van der Waals surface area (Å²) in [5.74, 6) is 0. The largest absolute Gasteiger partial charge is 0.501 e. The van der Waals surface area contributed by atoms with Gasteiger partial charge >= 0.3 is 5.51 Å². The third kappa shape index (κ3) is 3.21. The van der Waals surface area contributed by atoms with Crippen molar-refractivity contribution in [2.75, 3.05) is 0 Å². The number of benzene rings is 1. The van der Waals surface area contributed by atoms with Crippen LogP contribution in [0.3, 0.4) is 0 Å². The van der Waals surface area contributed by atoms with Crippen LogP contribution in [-0.2, 0) is 9.84 Å². The van der Waals surface area contributed by atoms with E-state index in [2.05, 4.69) is 0 Å². The number of rotatable bonds is 2. The molecule has 7 heteroatoms. The maximum atomic E-state index is 12.1. The van der Waals surface area contributed by atoms with E-state index in [1.165, 1.54) is 12.1 Å². The van der Waals surface area contributed by atoms with Gasteiger partial charge in [0.2, 0.25) is 0 Å². The summed E-state index contributed by atoms with van der Waals surface area (Å²) >= 11 is 1.55. The molecule has 0 aliphatic rings. The van der Waals surface area contributed by atoms with Crippen LogP contribution >= 0.6 is 22.6 Å². The van der Waals surface area contributed by atoms with E-state index in [9.17, 15) is 21.6 Å². The molecule has 0 saturated heterocycles. The molecule has 0 N–H and O–H groups in total. The van der Waals surface area contributed by atoms with Gasteiger partial charge in [-0.05, 0) is 28.2 Å². The van der Waals surface area contributed by atoms with Gasteiger partial charge in [0.25, 0.3) is 9.84 Å². The van der Waals surface area contributed by atoms with Gasteiger partial charge < -0.3 is 0 Å². The van der Waals surface area contributed by atoms with Crippen molar-refractivity contribution in [2.45, 2.75) is 5.51 Å². The highest BCUT2D eigenvalue weighted by Gasteiger charge is 2.44. The van der Waals surface area contributed by atoms with Crippen LogP contribution in [0, 0.1) is 0 Å². The first-order valence-corrected chi connectivity index (χ1v) is 6.60. The molecule has 0 atom stereocenters. The van der Waals surface area contributed by atoms with Gasteiger partial charge in [-0.15, -0.1) is 0 Å². The van der Waals surface area contributed by atoms with Crippen molar-refractivity contribution in [1.82, 2.24) is 0 Å². The first kappa shape index (κ1) is 13.5. The molecule has 0 bridgehead atoms. The van der Waals surface area contributed by atoms with Crippen LogP contribution < -0.4 is 0 Å². The molecule has 1 aromatic carbocycles. The van der Waals surface area contributed by atoms with Crippen LogP contribution in [0.1, 0.15) is 5.56 Å². The third-order valence-electron chi connectivity index (χ3n) is 1.63. The lowest BCUT2D eigenvalue weighted by molar-refractivity contribution is -0.0423. The minimum atomic E-state index is -5.25. The maximum absolute atomic E-state index is 12.1. The molecule has 0 fully saturated rings. The van der Waals surface area contributed by atoms with Crippen molar-refractivity contribution >= 4 is 36.0 Å². The minimum Gasteiger partial charge on any atom is -0.215 e. The summed E-state index contributed by atoms with van der Waals surface area (Å²) in [6, 6.07) is 7.98. The molecule has 2 nitrogen and oxygen atoms in total. The smallest absolute Gasteiger partial charge is 0.215 e. The number of halogens is 4. The van der Waals surface area contributed by atoms with E-state index in [1.807, 2.05) is 0 Å². The van der Waals surface area contributed by atoms with Crippen LogP contribution in [0.4, 0.5) is 13.2 Å². The van der Waals surface area contributed by atoms with Gasteiger partial charge in [0.1, 0.15) is 0 Å². The molecule has 0 saturated carbocycles. The molecule has 0 unspecified atom stereocenters. The third-order valence-corrected chi connectivity index (χ3v) is 4.18. The minimum absolute atomic E-state index is 0.0236. The van der Waals surface area contributed by atoms with Crippen molar-refractivity contribution in [3.8, 4) is 0 Å². The Bertz CT molecular complexity index is 491. The second-order valence-corrected chi connectivity index (χ2v) is 5.77. The molecule has 88 valence electrons. The summed E-state index contributed by atoms with van der Waals surface area (Å²) < 4.78 is 57.9. The van der Waals surface area contributed by atoms with Crippen molar-refractivity contribution < 1.29 is 21.6 Å². The lowest BCUT2D eigenvalue weighted by Gasteiger charge is -2.04. The van der Waals surface area contributed by atoms with E-state index in [4.69, 9.17) is 0 Å². The monoisotopic (exact) mass is 362 g/mol. The number of alkyl halides is 3. The van der Waals surface area contributed by atoms with Crippen LogP contribution in [0.25, 0.3) is 3.58 Å². The van der Waals surface area contributed by atoms with E-state index in [-0.39, 0.29) is 8.99 Å². The van der Waals surface area contributed by atoms with Crippen LogP contribution in [0.2, 0.25) is 0 Å². The Morgan fingerprint density at radius 2 is 1.69 bits per heavy atom. The highest BCUT2D eigenvalue weighted by atomic mass is 127. The molecule has 0 aliphatic carbocycles. The fourth-order valence-electron chi connectivity index (χ4n) is 0.868. The van der Waals surface area contributed by atoms with Crippen molar-refractivity contribution in [3.63, 3.8) is 0 Å². The molecule has 16 heavy (non-hydrogen) atoms. The standard InChI is InChI=1S/C9H6F3IO2S/c10-9(11,12)16(14,15)6-8(13)7-4-2-1-3-5-7/h1-6H/b8-6-. The number of hydrogen-bond donors (Lipinski definition) is 0. The summed E-state index contributed by atoms with van der Waals surface area (Å²) in [7, 11) is -5.21. The first-order chi connectivity index (χ1) is 7.24. The van der Waals surface area contributed by atoms with Gasteiger partial charge in [-0.1, -0.05) is 30.3 Å². The molecule has 1 rings (SSSR count). The Morgan fingerprint density at radius 1 is 1.19 bits per heavy atom. The van der Waals surface area contributed by atoms with Crippen LogP contribution in [0.5, 0.6) is 0 Å². The van der Waals surface area contributed by atoms with E-state index in [1.54, 1.807) is 40.8 Å². The summed E-state index contributed by atoms with van der Waals surface area (Å²) in [6.45, 7) is 0. The molecular formula is C9H6F3IO2S. The zero-order chi connectivity index (χ0) is 12.4.